The molecule has 6 heteroatoms. The van der Waals surface area contributed by atoms with Crippen LogP contribution in [0, 0.1) is 5.82 Å². The van der Waals surface area contributed by atoms with Gasteiger partial charge in [-0.2, -0.15) is 0 Å². The van der Waals surface area contributed by atoms with Crippen LogP contribution in [-0.4, -0.2) is 29.4 Å². The van der Waals surface area contributed by atoms with Gasteiger partial charge in [-0.3, -0.25) is 14.6 Å². The topological polar surface area (TPSA) is 40.6 Å². The van der Waals surface area contributed by atoms with Gasteiger partial charge in [-0.25, -0.2) is 9.18 Å². The Morgan fingerprint density at radius 3 is 2.47 bits per heavy atom. The van der Waals surface area contributed by atoms with Gasteiger partial charge in [-0.05, 0) is 24.3 Å². The maximum absolute atomic E-state index is 12.8. The zero-order valence-corrected chi connectivity index (χ0v) is 9.82. The van der Waals surface area contributed by atoms with Crippen LogP contribution < -0.4 is 4.90 Å². The van der Waals surface area contributed by atoms with E-state index in [1.165, 1.54) is 36.2 Å². The van der Waals surface area contributed by atoms with Crippen molar-refractivity contribution >= 4 is 29.2 Å². The Labute approximate surface area is 103 Å². The average molecular weight is 257 g/mol. The molecule has 0 radical (unpaired) electrons. The smallest absolute Gasteiger partial charge is 0.276 e. The Kier molecular flexibility index (Phi) is 3.02. The van der Waals surface area contributed by atoms with Crippen LogP contribution >= 0.6 is 11.6 Å². The van der Waals surface area contributed by atoms with Crippen LogP contribution in [0.1, 0.15) is 6.42 Å². The molecule has 1 aliphatic rings. The molecule has 1 aromatic rings. The van der Waals surface area contributed by atoms with E-state index in [1.807, 2.05) is 0 Å². The lowest BCUT2D eigenvalue weighted by Crippen LogP contribution is -2.54. The van der Waals surface area contributed by atoms with Gasteiger partial charge in [0.05, 0.1) is 6.42 Å². The zero-order valence-electron chi connectivity index (χ0n) is 9.06. The lowest BCUT2D eigenvalue weighted by molar-refractivity contribution is -0.128. The first-order valence-corrected chi connectivity index (χ1v) is 5.43. The summed E-state index contributed by atoms with van der Waals surface area (Å²) in [6.45, 7) is 0. The van der Waals surface area contributed by atoms with Gasteiger partial charge < -0.3 is 0 Å². The summed E-state index contributed by atoms with van der Waals surface area (Å²) in [4.78, 5) is 25.5. The zero-order chi connectivity index (χ0) is 12.6. The number of halogens is 2. The summed E-state index contributed by atoms with van der Waals surface area (Å²) in [7, 11) is 1.39. The molecule has 1 unspecified atom stereocenters. The number of alkyl halides is 1. The van der Waals surface area contributed by atoms with Crippen LogP contribution in [0.2, 0.25) is 0 Å². The van der Waals surface area contributed by atoms with E-state index < -0.39 is 17.3 Å². The van der Waals surface area contributed by atoms with E-state index in [0.717, 1.165) is 4.90 Å². The van der Waals surface area contributed by atoms with Crippen molar-refractivity contribution in [2.75, 3.05) is 11.9 Å². The highest BCUT2D eigenvalue weighted by Gasteiger charge is 2.36. The lowest BCUT2D eigenvalue weighted by atomic mass is 10.2. The van der Waals surface area contributed by atoms with Crippen LogP contribution in [0.15, 0.2) is 24.3 Å². The van der Waals surface area contributed by atoms with Gasteiger partial charge >= 0.3 is 6.03 Å². The minimum atomic E-state index is -0.739. The fourth-order valence-corrected chi connectivity index (χ4v) is 1.96. The molecule has 1 atom stereocenters. The molecule has 0 aromatic heterocycles. The van der Waals surface area contributed by atoms with Gasteiger partial charge in [-0.1, -0.05) is 11.6 Å². The van der Waals surface area contributed by atoms with Crippen molar-refractivity contribution in [3.63, 3.8) is 0 Å². The van der Waals surface area contributed by atoms with Gasteiger partial charge in [0.25, 0.3) is 0 Å². The van der Waals surface area contributed by atoms with E-state index in [4.69, 9.17) is 11.6 Å². The molecule has 1 fully saturated rings. The standard InChI is InChI=1S/C11H10ClFN2O2/c1-14-10(16)6-9(12)15(11(14)17)8-4-2-7(13)3-5-8/h2-5,9H,6H2,1H3. The molecule has 0 saturated carbocycles. The van der Waals surface area contributed by atoms with Crippen LogP contribution in [0.25, 0.3) is 0 Å². The second kappa shape index (κ2) is 4.33. The minimum absolute atomic E-state index is 0.0428. The normalized spacial score (nSPS) is 21.0. The fraction of sp³-hybridized carbons (Fsp3) is 0.273. The number of carbonyl (C=O) groups is 2. The molecule has 90 valence electrons. The quantitative estimate of drug-likeness (QED) is 0.571. The van der Waals surface area contributed by atoms with Gasteiger partial charge in [-0.15, -0.1) is 0 Å². The van der Waals surface area contributed by atoms with Crippen molar-refractivity contribution in [3.05, 3.63) is 30.1 Å². The van der Waals surface area contributed by atoms with Crippen molar-refractivity contribution in [1.29, 1.82) is 0 Å². The molecule has 0 bridgehead atoms. The summed E-state index contributed by atoms with van der Waals surface area (Å²) >= 11 is 5.98. The van der Waals surface area contributed by atoms with E-state index in [-0.39, 0.29) is 12.3 Å². The first-order chi connectivity index (χ1) is 8.00. The molecular formula is C11H10ClFN2O2. The molecule has 1 saturated heterocycles. The number of nitrogens with zero attached hydrogens (tertiary/aromatic N) is 2. The van der Waals surface area contributed by atoms with E-state index >= 15 is 0 Å². The number of amides is 3. The monoisotopic (exact) mass is 256 g/mol. The third-order valence-electron chi connectivity index (χ3n) is 2.60. The van der Waals surface area contributed by atoms with Gasteiger partial charge in [0.15, 0.2) is 0 Å². The molecule has 2 rings (SSSR count). The van der Waals surface area contributed by atoms with Crippen molar-refractivity contribution in [2.45, 2.75) is 11.9 Å². The minimum Gasteiger partial charge on any atom is -0.276 e. The summed E-state index contributed by atoms with van der Waals surface area (Å²) in [6.07, 6.45) is 0.0428. The Hall–Kier alpha value is -1.62. The summed E-state index contributed by atoms with van der Waals surface area (Å²) in [6, 6.07) is 4.87. The van der Waals surface area contributed by atoms with Crippen LogP contribution in [0.5, 0.6) is 0 Å². The molecular weight excluding hydrogens is 247 g/mol. The molecule has 3 amide bonds. The van der Waals surface area contributed by atoms with Crippen molar-refractivity contribution in [3.8, 4) is 0 Å². The predicted molar refractivity (Wildman–Crippen MR) is 61.3 cm³/mol. The van der Waals surface area contributed by atoms with Gasteiger partial charge in [0.1, 0.15) is 11.3 Å². The predicted octanol–water partition coefficient (Wildman–Crippen LogP) is 2.18. The van der Waals surface area contributed by atoms with Gasteiger partial charge in [0, 0.05) is 12.7 Å². The van der Waals surface area contributed by atoms with E-state index in [2.05, 4.69) is 0 Å². The molecule has 1 aliphatic heterocycles. The third kappa shape index (κ3) is 2.10. The molecule has 17 heavy (non-hydrogen) atoms. The molecule has 0 N–H and O–H groups in total. The summed E-state index contributed by atoms with van der Waals surface area (Å²) in [5.41, 5.74) is -0.271. The van der Waals surface area contributed by atoms with Crippen molar-refractivity contribution < 1.29 is 14.0 Å². The number of imide groups is 1. The number of benzene rings is 1. The molecule has 4 nitrogen and oxygen atoms in total. The maximum Gasteiger partial charge on any atom is 0.332 e. The Balaban J connectivity index is 2.33. The number of rotatable bonds is 1. The Morgan fingerprint density at radius 1 is 1.29 bits per heavy atom. The third-order valence-corrected chi connectivity index (χ3v) is 2.94. The number of hydrogen-bond acceptors (Lipinski definition) is 2. The molecule has 0 aliphatic carbocycles. The fourth-order valence-electron chi connectivity index (χ4n) is 1.63. The SMILES string of the molecule is CN1C(=O)CC(Cl)N(c2ccc(F)cc2)C1=O. The van der Waals surface area contributed by atoms with E-state index in [1.54, 1.807) is 0 Å². The summed E-state index contributed by atoms with van der Waals surface area (Å²) in [5.74, 6) is -0.720. The van der Waals surface area contributed by atoms with Gasteiger partial charge in [0.2, 0.25) is 5.91 Å². The molecule has 1 heterocycles. The Bertz CT molecular complexity index is 463. The highest BCUT2D eigenvalue weighted by atomic mass is 35.5. The maximum atomic E-state index is 12.8. The van der Waals surface area contributed by atoms with Crippen LogP contribution in [0.3, 0.4) is 0 Å². The lowest BCUT2D eigenvalue weighted by Gasteiger charge is -2.35. The first kappa shape index (κ1) is 11.9. The summed E-state index contributed by atoms with van der Waals surface area (Å²) < 4.78 is 12.8. The van der Waals surface area contributed by atoms with Crippen molar-refractivity contribution in [2.24, 2.45) is 0 Å². The van der Waals surface area contributed by atoms with E-state index in [9.17, 15) is 14.0 Å². The van der Waals surface area contributed by atoms with E-state index in [0.29, 0.717) is 5.69 Å². The average Bonchev–Trinajstić information content (AvgIpc) is 2.29. The highest BCUT2D eigenvalue weighted by Crippen LogP contribution is 2.26. The number of carbonyl (C=O) groups excluding carboxylic acids is 2. The number of anilines is 1. The molecule has 0 spiro atoms. The molecule has 1 aromatic carbocycles. The van der Waals surface area contributed by atoms with Crippen LogP contribution in [0.4, 0.5) is 14.9 Å². The number of hydrogen-bond donors (Lipinski definition) is 0. The second-order valence-corrected chi connectivity index (χ2v) is 4.22. The summed E-state index contributed by atoms with van der Waals surface area (Å²) in [5, 5.41) is 0. The van der Waals surface area contributed by atoms with Crippen molar-refractivity contribution in [1.82, 2.24) is 4.90 Å². The van der Waals surface area contributed by atoms with Crippen LogP contribution in [-0.2, 0) is 4.79 Å². The first-order valence-electron chi connectivity index (χ1n) is 5.00. The Morgan fingerprint density at radius 2 is 1.88 bits per heavy atom. The largest absolute Gasteiger partial charge is 0.332 e. The highest BCUT2D eigenvalue weighted by molar-refractivity contribution is 6.27. The second-order valence-electron chi connectivity index (χ2n) is 3.72. The number of urea groups is 1.